The molecule has 2 atom stereocenters. The molecule has 2 N–H and O–H groups in total. The first-order valence-electron chi connectivity index (χ1n) is 5.35. The number of nitrogens with zero attached hydrogens (tertiary/aromatic N) is 1. The topological polar surface area (TPSA) is 43.7 Å². The van der Waals surface area contributed by atoms with E-state index in [1.54, 1.807) is 0 Å². The zero-order valence-corrected chi connectivity index (χ0v) is 11.2. The van der Waals surface area contributed by atoms with Crippen LogP contribution in [-0.2, 0) is 0 Å². The number of hydrogen-bond donors (Lipinski definition) is 2. The third-order valence-corrected chi connectivity index (χ3v) is 3.13. The molecule has 0 aliphatic rings. The molecule has 0 fully saturated rings. The van der Waals surface area contributed by atoms with Crippen molar-refractivity contribution in [2.24, 2.45) is 0 Å². The molecular weight excluding hydrogens is 270 g/mol. The molecule has 4 heteroatoms. The normalized spacial score (nSPS) is 14.6. The Kier molecular flexibility index (Phi) is 5.25. The summed E-state index contributed by atoms with van der Waals surface area (Å²) in [6.45, 7) is 4.02. The van der Waals surface area contributed by atoms with Gasteiger partial charge in [0.05, 0.1) is 13.2 Å². The van der Waals surface area contributed by atoms with Crippen LogP contribution in [0.25, 0.3) is 0 Å². The molecule has 1 rings (SSSR count). The molecule has 0 saturated carbocycles. The van der Waals surface area contributed by atoms with E-state index >= 15 is 0 Å². The highest BCUT2D eigenvalue weighted by Crippen LogP contribution is 2.22. The van der Waals surface area contributed by atoms with Gasteiger partial charge < -0.3 is 15.1 Å². The Morgan fingerprint density at radius 1 is 1.06 bits per heavy atom. The van der Waals surface area contributed by atoms with Crippen LogP contribution in [0.5, 0.6) is 0 Å². The Labute approximate surface area is 105 Å². The van der Waals surface area contributed by atoms with Gasteiger partial charge in [0.25, 0.3) is 0 Å². The fourth-order valence-corrected chi connectivity index (χ4v) is 2.00. The second kappa shape index (κ2) is 6.23. The standard InChI is InChI=1S/C12H18BrNO2/c1-9(7-15)14(10(2)8-16)12-5-3-11(13)4-6-12/h3-6,9-10,15-16H,7-8H2,1-2H3. The van der Waals surface area contributed by atoms with Crippen LogP contribution in [-0.4, -0.2) is 35.5 Å². The fourth-order valence-electron chi connectivity index (χ4n) is 1.73. The van der Waals surface area contributed by atoms with Crippen molar-refractivity contribution in [1.82, 2.24) is 0 Å². The minimum Gasteiger partial charge on any atom is -0.394 e. The lowest BCUT2D eigenvalue weighted by Gasteiger charge is -2.35. The Morgan fingerprint density at radius 2 is 1.50 bits per heavy atom. The third kappa shape index (κ3) is 3.20. The van der Waals surface area contributed by atoms with Crippen LogP contribution < -0.4 is 4.90 Å². The third-order valence-electron chi connectivity index (χ3n) is 2.60. The SMILES string of the molecule is CC(CO)N(c1ccc(Br)cc1)C(C)CO. The number of benzene rings is 1. The van der Waals surface area contributed by atoms with Crippen LogP contribution in [0.1, 0.15) is 13.8 Å². The second-order valence-electron chi connectivity index (χ2n) is 3.95. The molecule has 90 valence electrons. The summed E-state index contributed by atoms with van der Waals surface area (Å²) in [4.78, 5) is 2.02. The number of hydrogen-bond acceptors (Lipinski definition) is 3. The summed E-state index contributed by atoms with van der Waals surface area (Å²) in [5.41, 5.74) is 1.01. The zero-order chi connectivity index (χ0) is 12.1. The molecule has 0 saturated heterocycles. The van der Waals surface area contributed by atoms with Crippen molar-refractivity contribution in [2.45, 2.75) is 25.9 Å². The van der Waals surface area contributed by atoms with E-state index in [-0.39, 0.29) is 25.3 Å². The Balaban J connectivity index is 2.96. The average Bonchev–Trinajstić information content (AvgIpc) is 2.31. The molecule has 0 aromatic heterocycles. The molecule has 16 heavy (non-hydrogen) atoms. The smallest absolute Gasteiger partial charge is 0.0632 e. The van der Waals surface area contributed by atoms with E-state index in [2.05, 4.69) is 15.9 Å². The summed E-state index contributed by atoms with van der Waals surface area (Å²) in [5.74, 6) is 0. The Bertz CT molecular complexity index is 305. The minimum atomic E-state index is -0.0108. The summed E-state index contributed by atoms with van der Waals surface area (Å²) in [7, 11) is 0. The van der Waals surface area contributed by atoms with Gasteiger partial charge in [0, 0.05) is 22.2 Å². The van der Waals surface area contributed by atoms with Crippen molar-refractivity contribution in [3.63, 3.8) is 0 Å². The lowest BCUT2D eigenvalue weighted by atomic mass is 10.1. The first-order chi connectivity index (χ1) is 7.60. The van der Waals surface area contributed by atoms with Crippen molar-refractivity contribution in [3.8, 4) is 0 Å². The molecule has 0 radical (unpaired) electrons. The monoisotopic (exact) mass is 287 g/mol. The van der Waals surface area contributed by atoms with Gasteiger partial charge in [-0.2, -0.15) is 0 Å². The fraction of sp³-hybridized carbons (Fsp3) is 0.500. The van der Waals surface area contributed by atoms with E-state index in [9.17, 15) is 10.2 Å². The van der Waals surface area contributed by atoms with Crippen LogP contribution in [0.4, 0.5) is 5.69 Å². The van der Waals surface area contributed by atoms with Crippen molar-refractivity contribution in [2.75, 3.05) is 18.1 Å². The lowest BCUT2D eigenvalue weighted by molar-refractivity contribution is 0.230. The summed E-state index contributed by atoms with van der Waals surface area (Å²) < 4.78 is 1.02. The van der Waals surface area contributed by atoms with Gasteiger partial charge in [-0.15, -0.1) is 0 Å². The lowest BCUT2D eigenvalue weighted by Crippen LogP contribution is -2.44. The molecule has 3 nitrogen and oxygen atoms in total. The summed E-state index contributed by atoms with van der Waals surface area (Å²) in [6.07, 6.45) is 0. The highest BCUT2D eigenvalue weighted by Gasteiger charge is 2.19. The minimum absolute atomic E-state index is 0.0108. The maximum Gasteiger partial charge on any atom is 0.0632 e. The quantitative estimate of drug-likeness (QED) is 0.871. The van der Waals surface area contributed by atoms with Gasteiger partial charge in [-0.05, 0) is 38.1 Å². The summed E-state index contributed by atoms with van der Waals surface area (Å²) in [5, 5.41) is 18.5. The molecule has 0 aliphatic heterocycles. The van der Waals surface area contributed by atoms with E-state index in [4.69, 9.17) is 0 Å². The molecule has 0 aliphatic carbocycles. The number of aliphatic hydroxyl groups excluding tert-OH is 2. The number of anilines is 1. The molecule has 2 unspecified atom stereocenters. The Hall–Kier alpha value is -0.580. The van der Waals surface area contributed by atoms with Crippen LogP contribution >= 0.6 is 15.9 Å². The van der Waals surface area contributed by atoms with E-state index in [0.29, 0.717) is 0 Å². The number of halogens is 1. The van der Waals surface area contributed by atoms with Gasteiger partial charge >= 0.3 is 0 Å². The van der Waals surface area contributed by atoms with E-state index in [0.717, 1.165) is 10.2 Å². The average molecular weight is 288 g/mol. The van der Waals surface area contributed by atoms with Gasteiger partial charge in [-0.25, -0.2) is 0 Å². The van der Waals surface area contributed by atoms with Crippen molar-refractivity contribution >= 4 is 21.6 Å². The number of rotatable bonds is 5. The zero-order valence-electron chi connectivity index (χ0n) is 9.60. The first-order valence-corrected chi connectivity index (χ1v) is 6.15. The molecular formula is C12H18BrNO2. The van der Waals surface area contributed by atoms with Crippen molar-refractivity contribution in [3.05, 3.63) is 28.7 Å². The van der Waals surface area contributed by atoms with Crippen LogP contribution in [0.2, 0.25) is 0 Å². The number of aliphatic hydroxyl groups is 2. The molecule has 1 aromatic carbocycles. The highest BCUT2D eigenvalue weighted by molar-refractivity contribution is 9.10. The van der Waals surface area contributed by atoms with E-state index in [1.165, 1.54) is 0 Å². The van der Waals surface area contributed by atoms with Gasteiger partial charge in [-0.3, -0.25) is 0 Å². The Morgan fingerprint density at radius 3 is 1.88 bits per heavy atom. The maximum atomic E-state index is 9.23. The van der Waals surface area contributed by atoms with Crippen LogP contribution in [0, 0.1) is 0 Å². The van der Waals surface area contributed by atoms with Crippen molar-refractivity contribution in [1.29, 1.82) is 0 Å². The van der Waals surface area contributed by atoms with Gasteiger partial charge in [0.2, 0.25) is 0 Å². The molecule has 0 amide bonds. The predicted molar refractivity (Wildman–Crippen MR) is 69.7 cm³/mol. The first kappa shape index (κ1) is 13.5. The second-order valence-corrected chi connectivity index (χ2v) is 4.86. The van der Waals surface area contributed by atoms with Gasteiger partial charge in [-0.1, -0.05) is 15.9 Å². The maximum absolute atomic E-state index is 9.23. The van der Waals surface area contributed by atoms with Gasteiger partial charge in [0.1, 0.15) is 0 Å². The molecule has 1 aromatic rings. The van der Waals surface area contributed by atoms with E-state index in [1.807, 2.05) is 43.0 Å². The molecule has 0 spiro atoms. The summed E-state index contributed by atoms with van der Waals surface area (Å²) >= 11 is 3.39. The molecule has 0 heterocycles. The largest absolute Gasteiger partial charge is 0.394 e. The van der Waals surface area contributed by atoms with Crippen molar-refractivity contribution < 1.29 is 10.2 Å². The van der Waals surface area contributed by atoms with Crippen LogP contribution in [0.3, 0.4) is 0 Å². The van der Waals surface area contributed by atoms with Crippen LogP contribution in [0.15, 0.2) is 28.7 Å². The van der Waals surface area contributed by atoms with E-state index < -0.39 is 0 Å². The molecule has 0 bridgehead atoms. The highest BCUT2D eigenvalue weighted by atomic mass is 79.9. The predicted octanol–water partition coefficient (Wildman–Crippen LogP) is 2.02. The van der Waals surface area contributed by atoms with Gasteiger partial charge in [0.15, 0.2) is 0 Å². The summed E-state index contributed by atoms with van der Waals surface area (Å²) in [6, 6.07) is 7.84.